The summed E-state index contributed by atoms with van der Waals surface area (Å²) in [6.45, 7) is 6.18. The van der Waals surface area contributed by atoms with Crippen LogP contribution in [0.4, 0.5) is 20.2 Å². The molecule has 3 aromatic carbocycles. The molecule has 4 saturated heterocycles. The molecule has 4 aliphatic heterocycles. The van der Waals surface area contributed by atoms with E-state index < -0.39 is 11.6 Å². The zero-order valence-electron chi connectivity index (χ0n) is 28.4. The summed E-state index contributed by atoms with van der Waals surface area (Å²) < 4.78 is 32.7. The first kappa shape index (κ1) is 31.0. The molecule has 0 unspecified atom stereocenters. The lowest BCUT2D eigenvalue weighted by molar-refractivity contribution is 0.401. The van der Waals surface area contributed by atoms with E-state index >= 15 is 8.78 Å². The normalized spacial score (nSPS) is 27.7. The molecule has 0 bridgehead atoms. The molecule has 4 fully saturated rings. The molecule has 5 aromatic rings. The predicted molar refractivity (Wildman–Crippen MR) is 191 cm³/mol. The third-order valence-electron chi connectivity index (χ3n) is 11.7. The Labute approximate surface area is 286 Å². The van der Waals surface area contributed by atoms with Gasteiger partial charge in [0.15, 0.2) is 11.6 Å². The molecule has 0 amide bonds. The fourth-order valence-electron chi connectivity index (χ4n) is 9.31. The molecule has 0 spiro atoms. The SMILES string of the molecule is C[C@@H]1CCC[C@H](C)N1c1c(F)cc(N2[C@@H](c3ccc4nc([C@@H]5CCCN5)[nH]c4c3)CC[C@@H]2c2ccc3nc([C@@H]4CCCN4)[nH]c3c2)cc1F. The summed E-state index contributed by atoms with van der Waals surface area (Å²) in [5, 5.41) is 7.09. The summed E-state index contributed by atoms with van der Waals surface area (Å²) in [6.07, 6.45) is 9.10. The summed E-state index contributed by atoms with van der Waals surface area (Å²) in [4.78, 5) is 21.2. The minimum atomic E-state index is -0.490. The lowest BCUT2D eigenvalue weighted by Crippen LogP contribution is -2.44. The van der Waals surface area contributed by atoms with Crippen molar-refractivity contribution < 1.29 is 8.78 Å². The number of hydrogen-bond donors (Lipinski definition) is 4. The Kier molecular flexibility index (Phi) is 7.84. The van der Waals surface area contributed by atoms with Crippen molar-refractivity contribution in [2.45, 2.75) is 108 Å². The summed E-state index contributed by atoms with van der Waals surface area (Å²) in [5.74, 6) is 0.976. The van der Waals surface area contributed by atoms with E-state index in [1.165, 1.54) is 0 Å². The third-order valence-corrected chi connectivity index (χ3v) is 11.7. The van der Waals surface area contributed by atoms with E-state index in [1.807, 2.05) is 4.90 Å². The van der Waals surface area contributed by atoms with Gasteiger partial charge in [0.1, 0.15) is 17.3 Å². The average Bonchev–Trinajstić information content (AvgIpc) is 3.93. The first-order valence-electron chi connectivity index (χ1n) is 18.4. The van der Waals surface area contributed by atoms with Crippen molar-refractivity contribution in [3.8, 4) is 0 Å². The summed E-state index contributed by atoms with van der Waals surface area (Å²) >= 11 is 0. The van der Waals surface area contributed by atoms with Gasteiger partial charge in [-0.15, -0.1) is 0 Å². The number of H-pyrrole nitrogens is 2. The lowest BCUT2D eigenvalue weighted by atomic mass is 9.96. The molecule has 0 aliphatic carbocycles. The molecular weight excluding hydrogens is 618 g/mol. The smallest absolute Gasteiger partial charge is 0.151 e. The predicted octanol–water partition coefficient (Wildman–Crippen LogP) is 8.42. The van der Waals surface area contributed by atoms with Gasteiger partial charge >= 0.3 is 0 Å². The van der Waals surface area contributed by atoms with Crippen LogP contribution in [-0.4, -0.2) is 45.1 Å². The van der Waals surface area contributed by atoms with Gasteiger partial charge in [0, 0.05) is 17.8 Å². The van der Waals surface area contributed by atoms with E-state index in [4.69, 9.17) is 9.97 Å². The Morgan fingerprint density at radius 3 is 1.59 bits per heavy atom. The first-order valence-corrected chi connectivity index (χ1v) is 18.4. The molecule has 256 valence electrons. The Morgan fingerprint density at radius 1 is 0.612 bits per heavy atom. The number of rotatable bonds is 6. The molecule has 4 aliphatic rings. The highest BCUT2D eigenvalue weighted by molar-refractivity contribution is 5.78. The van der Waals surface area contributed by atoms with E-state index in [1.54, 1.807) is 12.1 Å². The maximum atomic E-state index is 16.3. The molecule has 2 aromatic heterocycles. The van der Waals surface area contributed by atoms with Crippen LogP contribution in [0.2, 0.25) is 0 Å². The highest BCUT2D eigenvalue weighted by Crippen LogP contribution is 2.49. The van der Waals surface area contributed by atoms with Crippen molar-refractivity contribution in [2.24, 2.45) is 0 Å². The van der Waals surface area contributed by atoms with Gasteiger partial charge in [-0.3, -0.25) is 0 Å². The van der Waals surface area contributed by atoms with E-state index in [9.17, 15) is 0 Å². The van der Waals surface area contributed by atoms with Crippen molar-refractivity contribution in [1.82, 2.24) is 30.6 Å². The average molecular weight is 665 g/mol. The third kappa shape index (κ3) is 5.48. The van der Waals surface area contributed by atoms with Gasteiger partial charge in [0.25, 0.3) is 0 Å². The summed E-state index contributed by atoms with van der Waals surface area (Å²) in [7, 11) is 0. The quantitative estimate of drug-likeness (QED) is 0.146. The van der Waals surface area contributed by atoms with Crippen LogP contribution in [-0.2, 0) is 0 Å². The van der Waals surface area contributed by atoms with Crippen molar-refractivity contribution in [1.29, 1.82) is 0 Å². The molecule has 0 saturated carbocycles. The van der Waals surface area contributed by atoms with Crippen molar-refractivity contribution in [3.63, 3.8) is 0 Å². The summed E-state index contributed by atoms with van der Waals surface area (Å²) in [6, 6.07) is 16.5. The van der Waals surface area contributed by atoms with Crippen LogP contribution in [0.15, 0.2) is 48.5 Å². The lowest BCUT2D eigenvalue weighted by Gasteiger charge is -2.41. The fourth-order valence-corrected chi connectivity index (χ4v) is 9.31. The van der Waals surface area contributed by atoms with E-state index in [0.29, 0.717) is 5.69 Å². The van der Waals surface area contributed by atoms with Crippen LogP contribution in [0.5, 0.6) is 0 Å². The van der Waals surface area contributed by atoms with Gasteiger partial charge in [-0.1, -0.05) is 12.1 Å². The van der Waals surface area contributed by atoms with Crippen molar-refractivity contribution >= 4 is 33.4 Å². The number of imidazole rings is 2. The standard InChI is InChI=1S/C39H46F2N8/c1-22-6-3-7-23(2)48(22)37-27(40)20-26(21-28(37)41)49-35(24-10-12-29-33(18-24)46-38(44-29)31-8-4-16-42-31)14-15-36(49)25-11-13-30-34(19-25)47-39(45-30)32-9-5-17-43-32/h10-13,18-23,31-32,35-36,42-43H,3-9,14-17H2,1-2H3,(H,44,46)(H,45,47)/t22-,23+,31-,32-,35+,36+/m0/s1. The molecule has 4 N–H and O–H groups in total. The number of halogens is 2. The van der Waals surface area contributed by atoms with Gasteiger partial charge < -0.3 is 30.4 Å². The van der Waals surface area contributed by atoms with Gasteiger partial charge in [0.05, 0.1) is 46.2 Å². The van der Waals surface area contributed by atoms with Gasteiger partial charge in [-0.2, -0.15) is 0 Å². The molecule has 6 heterocycles. The minimum absolute atomic E-state index is 0.0704. The molecule has 0 radical (unpaired) electrons. The number of aromatic nitrogens is 4. The number of fused-ring (bicyclic) bond motifs is 2. The Hall–Kier alpha value is -4.02. The van der Waals surface area contributed by atoms with Gasteiger partial charge in [0.2, 0.25) is 0 Å². The number of anilines is 2. The Morgan fingerprint density at radius 2 is 1.12 bits per heavy atom. The molecule has 49 heavy (non-hydrogen) atoms. The number of nitrogens with zero attached hydrogens (tertiary/aromatic N) is 4. The van der Waals surface area contributed by atoms with E-state index in [2.05, 4.69) is 75.7 Å². The second-order valence-electron chi connectivity index (χ2n) is 14.9. The van der Waals surface area contributed by atoms with Gasteiger partial charge in [-0.25, -0.2) is 18.7 Å². The largest absolute Gasteiger partial charge is 0.361 e. The number of hydrogen-bond acceptors (Lipinski definition) is 6. The highest BCUT2D eigenvalue weighted by atomic mass is 19.1. The number of benzene rings is 3. The Bertz CT molecular complexity index is 1850. The molecular formula is C39H46F2N8. The topological polar surface area (TPSA) is 87.9 Å². The number of nitrogens with one attached hydrogen (secondary N) is 4. The van der Waals surface area contributed by atoms with Crippen molar-refractivity contribution in [2.75, 3.05) is 22.9 Å². The second-order valence-corrected chi connectivity index (χ2v) is 14.9. The maximum Gasteiger partial charge on any atom is 0.151 e. The number of aromatic amines is 2. The van der Waals surface area contributed by atoms with Crippen LogP contribution >= 0.6 is 0 Å². The molecule has 6 atom stereocenters. The van der Waals surface area contributed by atoms with Crippen LogP contribution in [0.1, 0.15) is 119 Å². The van der Waals surface area contributed by atoms with Crippen molar-refractivity contribution in [3.05, 3.63) is 82.9 Å². The Balaban J connectivity index is 1.11. The monoisotopic (exact) mass is 664 g/mol. The second kappa shape index (κ2) is 12.4. The van der Waals surface area contributed by atoms with Crippen LogP contribution in [0, 0.1) is 11.6 Å². The van der Waals surface area contributed by atoms with E-state index in [-0.39, 0.29) is 41.9 Å². The highest BCUT2D eigenvalue weighted by Gasteiger charge is 2.38. The number of piperidine rings is 1. The molecule has 9 rings (SSSR count). The molecule has 10 heteroatoms. The molecule has 8 nitrogen and oxygen atoms in total. The van der Waals surface area contributed by atoms with Crippen LogP contribution in [0.3, 0.4) is 0 Å². The zero-order valence-corrected chi connectivity index (χ0v) is 28.4. The fraction of sp³-hybridized carbons (Fsp3) is 0.487. The van der Waals surface area contributed by atoms with Gasteiger partial charge in [-0.05, 0) is 132 Å². The summed E-state index contributed by atoms with van der Waals surface area (Å²) in [5.41, 5.74) is 6.79. The maximum absolute atomic E-state index is 16.3. The zero-order chi connectivity index (χ0) is 33.2. The first-order chi connectivity index (χ1) is 23.9. The minimum Gasteiger partial charge on any atom is -0.361 e. The van der Waals surface area contributed by atoms with Crippen LogP contribution < -0.4 is 20.4 Å². The van der Waals surface area contributed by atoms with E-state index in [0.717, 1.165) is 116 Å². The van der Waals surface area contributed by atoms with Crippen LogP contribution in [0.25, 0.3) is 22.1 Å².